The molecule has 5 aromatic rings. The number of nitrogens with zero attached hydrogens (tertiary/aromatic N) is 4. The van der Waals surface area contributed by atoms with E-state index in [2.05, 4.69) is 40.5 Å². The number of ether oxygens (including phenoxy) is 2. The zero-order valence-corrected chi connectivity index (χ0v) is 23.6. The van der Waals surface area contributed by atoms with Crippen LogP contribution in [-0.4, -0.2) is 42.4 Å². The number of pyridine rings is 1. The van der Waals surface area contributed by atoms with E-state index in [4.69, 9.17) is 14.5 Å². The van der Waals surface area contributed by atoms with Crippen molar-refractivity contribution in [3.8, 4) is 22.6 Å². The lowest BCUT2D eigenvalue weighted by Gasteiger charge is -2.26. The summed E-state index contributed by atoms with van der Waals surface area (Å²) in [5, 5.41) is 5.94. The first kappa shape index (κ1) is 27.0. The topological polar surface area (TPSA) is 90.6 Å². The maximum Gasteiger partial charge on any atom is 0.332 e. The average Bonchev–Trinajstić information content (AvgIpc) is 2.98. The van der Waals surface area contributed by atoms with Crippen LogP contribution in [0.1, 0.15) is 11.1 Å². The highest BCUT2D eigenvalue weighted by Crippen LogP contribution is 2.38. The first-order chi connectivity index (χ1) is 19.3. The second kappa shape index (κ2) is 10.9. The van der Waals surface area contributed by atoms with Gasteiger partial charge < -0.3 is 19.7 Å². The third kappa shape index (κ3) is 4.69. The van der Waals surface area contributed by atoms with Gasteiger partial charge in [0.2, 0.25) is 0 Å². The molecule has 0 fully saturated rings. The largest absolute Gasteiger partial charge is 0.497 e. The van der Waals surface area contributed by atoms with Gasteiger partial charge in [-0.3, -0.25) is 13.9 Å². The summed E-state index contributed by atoms with van der Waals surface area (Å²) in [6.45, 7) is 1.00. The van der Waals surface area contributed by atoms with E-state index >= 15 is 0 Å². The van der Waals surface area contributed by atoms with E-state index in [1.54, 1.807) is 27.3 Å². The first-order valence-corrected chi connectivity index (χ1v) is 13.0. The Morgan fingerprint density at radius 3 is 2.23 bits per heavy atom. The zero-order chi connectivity index (χ0) is 28.6. The molecular formula is C31H33N5O4. The molecular weight excluding hydrogens is 506 g/mol. The number of fused-ring (bicyclic) bond motifs is 2. The summed E-state index contributed by atoms with van der Waals surface area (Å²) in [4.78, 5) is 33.7. The summed E-state index contributed by atoms with van der Waals surface area (Å²) in [5.74, 6) is 1.83. The molecule has 0 saturated carbocycles. The summed E-state index contributed by atoms with van der Waals surface area (Å²) in [6.07, 6.45) is 0. The van der Waals surface area contributed by atoms with Crippen molar-refractivity contribution >= 4 is 27.6 Å². The molecule has 0 atom stereocenters. The van der Waals surface area contributed by atoms with Gasteiger partial charge in [0.1, 0.15) is 17.3 Å². The molecule has 9 heteroatoms. The zero-order valence-electron chi connectivity index (χ0n) is 23.6. The number of hydrogen-bond acceptors (Lipinski definition) is 7. The van der Waals surface area contributed by atoms with Crippen LogP contribution in [0.15, 0.2) is 70.3 Å². The Labute approximate surface area is 232 Å². The molecule has 2 aromatic heterocycles. The van der Waals surface area contributed by atoms with Gasteiger partial charge in [0.05, 0.1) is 19.6 Å². The van der Waals surface area contributed by atoms with Crippen LogP contribution >= 0.6 is 0 Å². The minimum absolute atomic E-state index is 0.310. The molecule has 1 N–H and O–H groups in total. The highest BCUT2D eigenvalue weighted by Gasteiger charge is 2.24. The van der Waals surface area contributed by atoms with E-state index in [1.807, 2.05) is 38.4 Å². The van der Waals surface area contributed by atoms with Crippen LogP contribution in [0.2, 0.25) is 0 Å². The van der Waals surface area contributed by atoms with E-state index in [9.17, 15) is 9.59 Å². The van der Waals surface area contributed by atoms with Crippen LogP contribution < -0.4 is 30.9 Å². The molecule has 0 radical (unpaired) electrons. The fraction of sp³-hybridized carbons (Fsp3) is 0.258. The fourth-order valence-electron chi connectivity index (χ4n) is 5.23. The summed E-state index contributed by atoms with van der Waals surface area (Å²) < 4.78 is 13.7. The van der Waals surface area contributed by atoms with Gasteiger partial charge in [0.15, 0.2) is 5.65 Å². The highest BCUT2D eigenvalue weighted by atomic mass is 16.5. The first-order valence-electron chi connectivity index (χ1n) is 13.0. The average molecular weight is 540 g/mol. The van der Waals surface area contributed by atoms with Crippen molar-refractivity contribution in [1.29, 1.82) is 0 Å². The molecule has 0 unspecified atom stereocenters. The third-order valence-electron chi connectivity index (χ3n) is 7.26. The normalized spacial score (nSPS) is 11.2. The smallest absolute Gasteiger partial charge is 0.332 e. The molecule has 0 aliphatic rings. The monoisotopic (exact) mass is 539 g/mol. The van der Waals surface area contributed by atoms with Gasteiger partial charge in [-0.15, -0.1) is 0 Å². The van der Waals surface area contributed by atoms with Crippen molar-refractivity contribution in [2.75, 3.05) is 33.2 Å². The Morgan fingerprint density at radius 2 is 1.57 bits per heavy atom. The molecule has 206 valence electrons. The predicted molar refractivity (Wildman–Crippen MR) is 160 cm³/mol. The summed E-state index contributed by atoms with van der Waals surface area (Å²) in [6, 6.07) is 20.2. The second-order valence-corrected chi connectivity index (χ2v) is 9.86. The Morgan fingerprint density at radius 1 is 0.900 bits per heavy atom. The third-order valence-corrected chi connectivity index (χ3v) is 7.26. The van der Waals surface area contributed by atoms with E-state index in [-0.39, 0.29) is 0 Å². The number of hydrogen-bond donors (Lipinski definition) is 1. The van der Waals surface area contributed by atoms with Gasteiger partial charge >= 0.3 is 5.69 Å². The minimum atomic E-state index is -0.441. The van der Waals surface area contributed by atoms with E-state index < -0.39 is 11.2 Å². The lowest BCUT2D eigenvalue weighted by atomic mass is 9.96. The van der Waals surface area contributed by atoms with E-state index in [0.29, 0.717) is 47.0 Å². The molecule has 0 bridgehead atoms. The quantitative estimate of drug-likeness (QED) is 0.321. The molecule has 0 aliphatic heterocycles. The Balaban J connectivity index is 1.81. The van der Waals surface area contributed by atoms with Crippen molar-refractivity contribution in [3.63, 3.8) is 0 Å². The molecule has 5 rings (SSSR count). The van der Waals surface area contributed by atoms with Gasteiger partial charge in [0, 0.05) is 51.4 Å². The number of aromatic nitrogens is 3. The number of methoxy groups -OCH3 is 2. The Bertz CT molecular complexity index is 1840. The van der Waals surface area contributed by atoms with Gasteiger partial charge in [-0.05, 0) is 47.1 Å². The number of nitrogens with one attached hydrogen (secondary N) is 1. The van der Waals surface area contributed by atoms with Crippen LogP contribution in [0.5, 0.6) is 11.5 Å². The lowest BCUT2D eigenvalue weighted by molar-refractivity contribution is 0.394. The van der Waals surface area contributed by atoms with Crippen molar-refractivity contribution in [3.05, 3.63) is 92.6 Å². The molecule has 9 nitrogen and oxygen atoms in total. The lowest BCUT2D eigenvalue weighted by Crippen LogP contribution is -2.38. The van der Waals surface area contributed by atoms with Crippen molar-refractivity contribution in [2.45, 2.75) is 13.1 Å². The molecule has 40 heavy (non-hydrogen) atoms. The van der Waals surface area contributed by atoms with Crippen LogP contribution in [0.4, 0.5) is 5.82 Å². The van der Waals surface area contributed by atoms with Crippen molar-refractivity contribution < 1.29 is 9.47 Å². The number of aryl methyl sites for hydroxylation is 1. The SMILES string of the molecule is CNCc1c(N(C)Cc2ccc3ccccc3c2)nc2c(c1-c1cc(OC)cc(OC)c1)c(=O)n(C)c(=O)n2C. The highest BCUT2D eigenvalue weighted by molar-refractivity contribution is 5.97. The van der Waals surface area contributed by atoms with Crippen molar-refractivity contribution in [2.24, 2.45) is 14.1 Å². The minimum Gasteiger partial charge on any atom is -0.497 e. The maximum absolute atomic E-state index is 13.7. The van der Waals surface area contributed by atoms with Crippen LogP contribution in [0.3, 0.4) is 0 Å². The standard InChI is InChI=1S/C31H33N5O4/c1-32-17-25-26(22-14-23(39-5)16-24(15-22)40-6)27-29(35(3)31(38)36(4)30(27)37)33-28(25)34(2)18-19-11-12-20-9-7-8-10-21(20)13-19/h7-16,32H,17-18H2,1-6H3. The predicted octanol–water partition coefficient (Wildman–Crippen LogP) is 3.83. The Hall–Kier alpha value is -4.63. The van der Waals surface area contributed by atoms with Crippen molar-refractivity contribution in [1.82, 2.24) is 19.4 Å². The van der Waals surface area contributed by atoms with Gasteiger partial charge in [0.25, 0.3) is 5.56 Å². The summed E-state index contributed by atoms with van der Waals surface area (Å²) in [5.41, 5.74) is 2.79. The summed E-state index contributed by atoms with van der Waals surface area (Å²) >= 11 is 0. The van der Waals surface area contributed by atoms with Crippen LogP contribution in [-0.2, 0) is 27.2 Å². The molecule has 0 aliphatic carbocycles. The Kier molecular flexibility index (Phi) is 7.32. The molecule has 0 amide bonds. The second-order valence-electron chi connectivity index (χ2n) is 9.86. The fourth-order valence-corrected chi connectivity index (χ4v) is 5.23. The van der Waals surface area contributed by atoms with E-state index in [1.165, 1.54) is 17.0 Å². The number of benzene rings is 3. The molecule has 0 saturated heterocycles. The van der Waals surface area contributed by atoms with Crippen LogP contribution in [0.25, 0.3) is 32.9 Å². The van der Waals surface area contributed by atoms with Gasteiger partial charge in [-0.25, -0.2) is 9.78 Å². The molecule has 2 heterocycles. The van der Waals surface area contributed by atoms with Gasteiger partial charge in [-0.2, -0.15) is 0 Å². The molecule has 0 spiro atoms. The maximum atomic E-state index is 13.7. The van der Waals surface area contributed by atoms with Crippen LogP contribution in [0, 0.1) is 0 Å². The van der Waals surface area contributed by atoms with E-state index in [0.717, 1.165) is 26.6 Å². The number of rotatable bonds is 8. The number of anilines is 1. The van der Waals surface area contributed by atoms with Gasteiger partial charge in [-0.1, -0.05) is 36.4 Å². The summed E-state index contributed by atoms with van der Waals surface area (Å²) in [7, 11) is 10.1. The molecule has 3 aromatic carbocycles.